The molecule has 0 atom stereocenters. The van der Waals surface area contributed by atoms with Crippen LogP contribution in [0.5, 0.6) is 0 Å². The van der Waals surface area contributed by atoms with Gasteiger partial charge in [0.15, 0.2) is 5.78 Å². The molecule has 98 valence electrons. The molecule has 0 radical (unpaired) electrons. The zero-order chi connectivity index (χ0) is 12.8. The number of alkyl halides is 1. The molecule has 1 aromatic carbocycles. The summed E-state index contributed by atoms with van der Waals surface area (Å²) in [6.07, 6.45) is 2.13. The fourth-order valence-electron chi connectivity index (χ4n) is 2.04. The van der Waals surface area contributed by atoms with Crippen molar-refractivity contribution in [2.75, 3.05) is 18.5 Å². The zero-order valence-corrected chi connectivity index (χ0v) is 11.8. The van der Waals surface area contributed by atoms with Crippen molar-refractivity contribution in [3.8, 4) is 0 Å². The summed E-state index contributed by atoms with van der Waals surface area (Å²) in [6.45, 7) is 2.04. The molecule has 2 rings (SSSR count). The van der Waals surface area contributed by atoms with Crippen LogP contribution in [-0.2, 0) is 16.1 Å². The molecule has 1 aliphatic heterocycles. The molecule has 0 unspecified atom stereocenters. The minimum absolute atomic E-state index is 0.0983. The maximum absolute atomic E-state index is 11.8. The molecule has 0 spiro atoms. The van der Waals surface area contributed by atoms with E-state index in [0.29, 0.717) is 11.9 Å². The number of Topliss-reactive ketones (excluding diaryl/α,β-unsaturated/α-hetero) is 1. The first-order chi connectivity index (χ1) is 8.81. The second-order valence-electron chi connectivity index (χ2n) is 4.34. The molecular formula is C14H17BrO3. The Labute approximate surface area is 116 Å². The van der Waals surface area contributed by atoms with E-state index in [4.69, 9.17) is 9.47 Å². The summed E-state index contributed by atoms with van der Waals surface area (Å²) < 4.78 is 11.1. The highest BCUT2D eigenvalue weighted by Crippen LogP contribution is 2.16. The summed E-state index contributed by atoms with van der Waals surface area (Å²) in [4.78, 5) is 11.8. The second kappa shape index (κ2) is 7.02. The molecule has 0 aromatic heterocycles. The Morgan fingerprint density at radius 1 is 1.33 bits per heavy atom. The van der Waals surface area contributed by atoms with Gasteiger partial charge in [-0.25, -0.2) is 0 Å². The molecule has 0 saturated carbocycles. The third kappa shape index (κ3) is 3.64. The van der Waals surface area contributed by atoms with E-state index in [9.17, 15) is 4.79 Å². The van der Waals surface area contributed by atoms with Gasteiger partial charge in [-0.05, 0) is 18.4 Å². The second-order valence-corrected chi connectivity index (χ2v) is 4.90. The Bertz CT molecular complexity index is 400. The highest BCUT2D eigenvalue weighted by molar-refractivity contribution is 9.09. The fraction of sp³-hybridized carbons (Fsp3) is 0.500. The highest BCUT2D eigenvalue weighted by atomic mass is 79.9. The number of carbonyl (C=O) groups excluding carboxylic acids is 1. The molecule has 0 N–H and O–H groups in total. The summed E-state index contributed by atoms with van der Waals surface area (Å²) in [5, 5.41) is 0.348. The van der Waals surface area contributed by atoms with Gasteiger partial charge in [0.2, 0.25) is 0 Å². The van der Waals surface area contributed by atoms with E-state index in [0.717, 1.165) is 37.2 Å². The van der Waals surface area contributed by atoms with Gasteiger partial charge in [0, 0.05) is 18.8 Å². The predicted octanol–water partition coefficient (Wildman–Crippen LogP) is 2.96. The van der Waals surface area contributed by atoms with Crippen LogP contribution in [0, 0.1) is 0 Å². The van der Waals surface area contributed by atoms with Crippen molar-refractivity contribution in [3.05, 3.63) is 35.4 Å². The van der Waals surface area contributed by atoms with Crippen molar-refractivity contribution in [1.82, 2.24) is 0 Å². The minimum atomic E-state index is 0.0983. The van der Waals surface area contributed by atoms with Gasteiger partial charge in [0.05, 0.1) is 18.0 Å². The maximum Gasteiger partial charge on any atom is 0.173 e. The third-order valence-corrected chi connectivity index (χ3v) is 3.59. The largest absolute Gasteiger partial charge is 0.381 e. The quantitative estimate of drug-likeness (QED) is 0.619. The number of ketones is 1. The normalized spacial score (nSPS) is 16.7. The lowest BCUT2D eigenvalue weighted by molar-refractivity contribution is -0.0391. The van der Waals surface area contributed by atoms with Crippen LogP contribution in [0.15, 0.2) is 24.3 Å². The van der Waals surface area contributed by atoms with Crippen LogP contribution in [0.4, 0.5) is 0 Å². The Morgan fingerprint density at radius 2 is 2.06 bits per heavy atom. The average molecular weight is 313 g/mol. The molecule has 1 saturated heterocycles. The smallest absolute Gasteiger partial charge is 0.173 e. The van der Waals surface area contributed by atoms with Crippen molar-refractivity contribution < 1.29 is 14.3 Å². The van der Waals surface area contributed by atoms with Crippen molar-refractivity contribution in [3.63, 3.8) is 0 Å². The SMILES string of the molecule is O=C(CBr)c1ccccc1COC1CCOCC1. The van der Waals surface area contributed by atoms with Crippen LogP contribution >= 0.6 is 15.9 Å². The molecule has 4 heteroatoms. The van der Waals surface area contributed by atoms with Crippen molar-refractivity contribution in [2.45, 2.75) is 25.6 Å². The molecular weight excluding hydrogens is 296 g/mol. The first-order valence-electron chi connectivity index (χ1n) is 6.17. The number of benzene rings is 1. The van der Waals surface area contributed by atoms with Crippen LogP contribution < -0.4 is 0 Å². The highest BCUT2D eigenvalue weighted by Gasteiger charge is 2.16. The van der Waals surface area contributed by atoms with Gasteiger partial charge >= 0.3 is 0 Å². The van der Waals surface area contributed by atoms with E-state index in [1.165, 1.54) is 0 Å². The first-order valence-corrected chi connectivity index (χ1v) is 7.30. The van der Waals surface area contributed by atoms with Crippen LogP contribution in [0.3, 0.4) is 0 Å². The molecule has 0 amide bonds. The number of halogens is 1. The molecule has 18 heavy (non-hydrogen) atoms. The lowest BCUT2D eigenvalue weighted by atomic mass is 10.0. The van der Waals surface area contributed by atoms with Gasteiger partial charge < -0.3 is 9.47 Å². The van der Waals surface area contributed by atoms with Crippen molar-refractivity contribution in [1.29, 1.82) is 0 Å². The molecule has 1 fully saturated rings. The van der Waals surface area contributed by atoms with Gasteiger partial charge in [-0.15, -0.1) is 0 Å². The van der Waals surface area contributed by atoms with Crippen LogP contribution in [-0.4, -0.2) is 30.4 Å². The van der Waals surface area contributed by atoms with E-state index >= 15 is 0 Å². The lowest BCUT2D eigenvalue weighted by Crippen LogP contribution is -2.23. The molecule has 1 aliphatic rings. The van der Waals surface area contributed by atoms with Gasteiger partial charge in [0.1, 0.15) is 0 Å². The number of hydrogen-bond donors (Lipinski definition) is 0. The molecule has 3 nitrogen and oxygen atoms in total. The number of carbonyl (C=O) groups is 1. The van der Waals surface area contributed by atoms with Crippen LogP contribution in [0.25, 0.3) is 0 Å². The van der Waals surface area contributed by atoms with E-state index in [2.05, 4.69) is 15.9 Å². The Morgan fingerprint density at radius 3 is 2.78 bits per heavy atom. The maximum atomic E-state index is 11.8. The van der Waals surface area contributed by atoms with E-state index in [-0.39, 0.29) is 11.9 Å². The lowest BCUT2D eigenvalue weighted by Gasteiger charge is -2.22. The third-order valence-electron chi connectivity index (χ3n) is 3.08. The van der Waals surface area contributed by atoms with Crippen molar-refractivity contribution in [2.24, 2.45) is 0 Å². The van der Waals surface area contributed by atoms with Gasteiger partial charge in [-0.3, -0.25) is 4.79 Å². The summed E-state index contributed by atoms with van der Waals surface area (Å²) in [5.41, 5.74) is 1.72. The van der Waals surface area contributed by atoms with Crippen LogP contribution in [0.1, 0.15) is 28.8 Å². The Hall–Kier alpha value is -0.710. The van der Waals surface area contributed by atoms with Crippen LogP contribution in [0.2, 0.25) is 0 Å². The minimum Gasteiger partial charge on any atom is -0.381 e. The number of hydrogen-bond acceptors (Lipinski definition) is 3. The van der Waals surface area contributed by atoms with Gasteiger partial charge in [0.25, 0.3) is 0 Å². The summed E-state index contributed by atoms with van der Waals surface area (Å²) in [5.74, 6) is 0.0983. The Balaban J connectivity index is 1.97. The summed E-state index contributed by atoms with van der Waals surface area (Å²) in [6, 6.07) is 7.63. The van der Waals surface area contributed by atoms with Gasteiger partial charge in [-0.1, -0.05) is 40.2 Å². The van der Waals surface area contributed by atoms with E-state index < -0.39 is 0 Å². The number of ether oxygens (including phenoxy) is 2. The molecule has 0 bridgehead atoms. The fourth-order valence-corrected chi connectivity index (χ4v) is 2.34. The monoisotopic (exact) mass is 312 g/mol. The average Bonchev–Trinajstić information content (AvgIpc) is 2.45. The molecule has 1 heterocycles. The molecule has 0 aliphatic carbocycles. The zero-order valence-electron chi connectivity index (χ0n) is 10.2. The summed E-state index contributed by atoms with van der Waals surface area (Å²) in [7, 11) is 0. The van der Waals surface area contributed by atoms with Crippen molar-refractivity contribution >= 4 is 21.7 Å². The van der Waals surface area contributed by atoms with E-state index in [1.54, 1.807) is 0 Å². The summed E-state index contributed by atoms with van der Waals surface area (Å²) >= 11 is 3.21. The standard InChI is InChI=1S/C14H17BrO3/c15-9-14(16)13-4-2-1-3-11(13)10-18-12-5-7-17-8-6-12/h1-4,12H,5-10H2. The molecule has 1 aromatic rings. The predicted molar refractivity (Wildman–Crippen MR) is 73.2 cm³/mol. The van der Waals surface area contributed by atoms with E-state index in [1.807, 2.05) is 24.3 Å². The van der Waals surface area contributed by atoms with Gasteiger partial charge in [-0.2, -0.15) is 0 Å². The topological polar surface area (TPSA) is 35.5 Å². The first kappa shape index (κ1) is 13.7. The Kier molecular flexibility index (Phi) is 5.35. The number of rotatable bonds is 5.